The molecule has 0 aliphatic rings. The molecule has 0 N–H and O–H groups in total. The van der Waals surface area contributed by atoms with Crippen LogP contribution in [0.5, 0.6) is 0 Å². The molecular formula is C60H46N2OS2. The maximum Gasteiger partial charge on any atom is 0.151 e. The van der Waals surface area contributed by atoms with E-state index in [0.29, 0.717) is 0 Å². The van der Waals surface area contributed by atoms with E-state index in [4.69, 9.17) is 4.42 Å². The van der Waals surface area contributed by atoms with Gasteiger partial charge in [0.15, 0.2) is 5.76 Å². The summed E-state index contributed by atoms with van der Waals surface area (Å²) in [6.45, 7) is 0. The zero-order valence-corrected chi connectivity index (χ0v) is 37.3. The Hall–Kier alpha value is -7.70. The first-order valence-corrected chi connectivity index (χ1v) is 25.2. The average molecular weight is 875 g/mol. The fourth-order valence-corrected chi connectivity index (χ4v) is 18.4. The van der Waals surface area contributed by atoms with Crippen molar-refractivity contribution in [2.45, 2.75) is 39.2 Å². The van der Waals surface area contributed by atoms with Gasteiger partial charge in [0.25, 0.3) is 0 Å². The number of furan rings is 1. The summed E-state index contributed by atoms with van der Waals surface area (Å²) in [5.41, 5.74) is 5.28. The third-order valence-electron chi connectivity index (χ3n) is 12.1. The molecular weight excluding hydrogens is 829 g/mol. The van der Waals surface area contributed by atoms with E-state index in [0.717, 1.165) is 34.2 Å². The normalized spacial score (nSPS) is 12.2. The largest absolute Gasteiger partial charge is 0.463 e. The van der Waals surface area contributed by atoms with Gasteiger partial charge in [0, 0.05) is 56.7 Å². The lowest BCUT2D eigenvalue weighted by Crippen LogP contribution is -2.12. The molecule has 0 amide bonds. The van der Waals surface area contributed by atoms with Crippen LogP contribution in [-0.4, -0.2) is 9.13 Å². The van der Waals surface area contributed by atoms with Crippen molar-refractivity contribution >= 4 is 20.1 Å². The zero-order valence-electron chi connectivity index (χ0n) is 35.7. The Kier molecular flexibility index (Phi) is 10.8. The highest BCUT2D eigenvalue weighted by Gasteiger charge is 2.49. The minimum Gasteiger partial charge on any atom is -0.463 e. The van der Waals surface area contributed by atoms with Crippen LogP contribution >= 0.6 is 20.1 Å². The lowest BCUT2D eigenvalue weighted by atomic mass is 10.2. The van der Waals surface area contributed by atoms with Gasteiger partial charge in [0.1, 0.15) is 5.69 Å². The van der Waals surface area contributed by atoms with Crippen molar-refractivity contribution in [1.82, 2.24) is 9.13 Å². The van der Waals surface area contributed by atoms with Crippen LogP contribution in [0.3, 0.4) is 0 Å². The zero-order chi connectivity index (χ0) is 43.5. The molecule has 11 rings (SSSR count). The van der Waals surface area contributed by atoms with Gasteiger partial charge in [0.05, 0.1) is 17.7 Å². The van der Waals surface area contributed by atoms with Crippen molar-refractivity contribution in [3.05, 3.63) is 279 Å². The minimum absolute atomic E-state index is 0.788. The molecule has 0 saturated carbocycles. The van der Waals surface area contributed by atoms with Crippen molar-refractivity contribution < 1.29 is 4.42 Å². The molecule has 0 fully saturated rings. The van der Waals surface area contributed by atoms with Gasteiger partial charge in [-0.2, -0.15) is 0 Å². The van der Waals surface area contributed by atoms with E-state index in [-0.39, 0.29) is 0 Å². The number of hydrogen-bond donors (Lipinski definition) is 0. The summed E-state index contributed by atoms with van der Waals surface area (Å²) in [6.07, 6.45) is 4.03. The van der Waals surface area contributed by atoms with Crippen LogP contribution < -0.4 is 0 Å². The molecule has 11 aromatic rings. The number of hydrogen-bond acceptors (Lipinski definition) is 1. The van der Waals surface area contributed by atoms with Gasteiger partial charge in [-0.05, 0) is 121 Å². The van der Waals surface area contributed by atoms with Crippen LogP contribution in [0.15, 0.2) is 323 Å². The van der Waals surface area contributed by atoms with Crippen molar-refractivity contribution in [3.63, 3.8) is 0 Å². The van der Waals surface area contributed by atoms with Gasteiger partial charge in [-0.25, -0.2) is 0 Å². The third-order valence-corrected chi connectivity index (χ3v) is 20.1. The summed E-state index contributed by atoms with van der Waals surface area (Å²) in [5, 5.41) is 0. The molecule has 3 heterocycles. The summed E-state index contributed by atoms with van der Waals surface area (Å²) in [5.74, 6) is 0.788. The summed E-state index contributed by atoms with van der Waals surface area (Å²) in [6, 6.07) is 97.9. The lowest BCUT2D eigenvalue weighted by Gasteiger charge is -2.48. The van der Waals surface area contributed by atoms with Gasteiger partial charge in [-0.15, -0.1) is 20.1 Å². The SMILES string of the molecule is c1ccc(-n2cccc2-c2c(S(c3ccccc3)(c3ccccc3)c3ccccc3)c(S(c3ccccc3)(c3ccccc3)c3ccccc3)c(-c3ccco3)n2-c2ccccc2)cc1. The molecule has 314 valence electrons. The van der Waals surface area contributed by atoms with Gasteiger partial charge in [-0.3, -0.25) is 0 Å². The Balaban J connectivity index is 1.52. The van der Waals surface area contributed by atoms with E-state index in [1.165, 1.54) is 39.2 Å². The lowest BCUT2D eigenvalue weighted by molar-refractivity contribution is 0.577. The highest BCUT2D eigenvalue weighted by atomic mass is 32.3. The molecule has 0 radical (unpaired) electrons. The van der Waals surface area contributed by atoms with Crippen molar-refractivity contribution in [1.29, 1.82) is 0 Å². The molecule has 3 nitrogen and oxygen atoms in total. The smallest absolute Gasteiger partial charge is 0.151 e. The first kappa shape index (κ1) is 40.1. The molecule has 0 saturated heterocycles. The first-order chi connectivity index (χ1) is 32.3. The van der Waals surface area contributed by atoms with Crippen molar-refractivity contribution in [2.75, 3.05) is 0 Å². The van der Waals surface area contributed by atoms with E-state index < -0.39 is 20.1 Å². The van der Waals surface area contributed by atoms with Crippen molar-refractivity contribution in [2.24, 2.45) is 0 Å². The summed E-state index contributed by atoms with van der Waals surface area (Å²) < 4.78 is 11.7. The van der Waals surface area contributed by atoms with E-state index in [9.17, 15) is 0 Å². The number of aromatic nitrogens is 2. The highest BCUT2D eigenvalue weighted by molar-refractivity contribution is 8.36. The van der Waals surface area contributed by atoms with E-state index in [1.807, 2.05) is 12.3 Å². The molecule has 5 heteroatoms. The number of benzene rings is 8. The van der Waals surface area contributed by atoms with Crippen LogP contribution in [0.2, 0.25) is 0 Å². The Morgan fingerprint density at radius 2 is 0.631 bits per heavy atom. The molecule has 0 spiro atoms. The molecule has 65 heavy (non-hydrogen) atoms. The van der Waals surface area contributed by atoms with Crippen molar-refractivity contribution in [3.8, 4) is 34.2 Å². The second-order valence-corrected chi connectivity index (χ2v) is 21.8. The number of rotatable bonds is 12. The van der Waals surface area contributed by atoms with Gasteiger partial charge >= 0.3 is 0 Å². The quantitative estimate of drug-likeness (QED) is 0.120. The molecule has 8 aromatic carbocycles. The van der Waals surface area contributed by atoms with E-state index >= 15 is 0 Å². The monoisotopic (exact) mass is 874 g/mol. The third kappa shape index (κ3) is 6.71. The molecule has 0 atom stereocenters. The van der Waals surface area contributed by atoms with Gasteiger partial charge in [0.2, 0.25) is 0 Å². The van der Waals surface area contributed by atoms with Crippen LogP contribution in [0, 0.1) is 0 Å². The Bertz CT molecular complexity index is 3070. The maximum atomic E-state index is 6.85. The Morgan fingerprint density at radius 1 is 0.292 bits per heavy atom. The van der Waals surface area contributed by atoms with Crippen LogP contribution in [-0.2, 0) is 0 Å². The summed E-state index contributed by atoms with van der Waals surface area (Å²) in [7, 11) is -4.91. The molecule has 0 unspecified atom stereocenters. The topological polar surface area (TPSA) is 23.0 Å². The summed E-state index contributed by atoms with van der Waals surface area (Å²) in [4.78, 5) is 9.85. The Morgan fingerprint density at radius 3 is 0.985 bits per heavy atom. The minimum atomic E-state index is -2.46. The van der Waals surface area contributed by atoms with Crippen LogP contribution in [0.25, 0.3) is 34.2 Å². The number of nitrogens with zero attached hydrogens (tertiary/aromatic N) is 2. The summed E-state index contributed by atoms with van der Waals surface area (Å²) >= 11 is 0. The number of para-hydroxylation sites is 2. The second kappa shape index (κ2) is 17.5. The Labute approximate surface area is 384 Å². The average Bonchev–Trinajstić information content (AvgIpc) is 4.18. The predicted molar refractivity (Wildman–Crippen MR) is 268 cm³/mol. The van der Waals surface area contributed by atoms with E-state index in [2.05, 4.69) is 276 Å². The fraction of sp³-hybridized carbons (Fsp3) is 0. The molecule has 0 aliphatic heterocycles. The van der Waals surface area contributed by atoms with Gasteiger partial charge < -0.3 is 13.6 Å². The predicted octanol–water partition coefficient (Wildman–Crippen LogP) is 16.9. The first-order valence-electron chi connectivity index (χ1n) is 21.9. The van der Waals surface area contributed by atoms with Gasteiger partial charge in [-0.1, -0.05) is 146 Å². The highest BCUT2D eigenvalue weighted by Crippen LogP contribution is 2.84. The fourth-order valence-electron chi connectivity index (χ4n) is 9.46. The van der Waals surface area contributed by atoms with Crippen LogP contribution in [0.4, 0.5) is 0 Å². The molecule has 0 aliphatic carbocycles. The van der Waals surface area contributed by atoms with Crippen LogP contribution in [0.1, 0.15) is 0 Å². The maximum absolute atomic E-state index is 6.85. The molecule has 0 bridgehead atoms. The second-order valence-electron chi connectivity index (χ2n) is 15.7. The standard InChI is InChI=1S/C60H46N2OS2/c1-9-27-47(28-10-1)61-45-25-43-55(61)57-59(64(49-31-13-3-14-32-49,50-33-15-4-16-34-50)51-35-17-5-18-36-51)60(58(56-44-26-46-63-56)62(57)48-29-11-2-12-30-48)65(52-37-19-6-20-38-52,53-39-21-7-22-40-53)54-41-23-8-24-42-54/h1-46H. The van der Waals surface area contributed by atoms with E-state index in [1.54, 1.807) is 0 Å². The molecule has 3 aromatic heterocycles.